The monoisotopic (exact) mass is 222 g/mol. The van der Waals surface area contributed by atoms with Crippen molar-refractivity contribution in [1.29, 1.82) is 0 Å². The lowest BCUT2D eigenvalue weighted by molar-refractivity contribution is -0.138. The van der Waals surface area contributed by atoms with Gasteiger partial charge in [-0.2, -0.15) is 13.2 Å². The topological polar surface area (TPSA) is 38.0 Å². The quantitative estimate of drug-likeness (QED) is 0.458. The van der Waals surface area contributed by atoms with Crippen LogP contribution in [0.5, 0.6) is 0 Å². The zero-order chi connectivity index (χ0) is 11.6. The van der Waals surface area contributed by atoms with Crippen LogP contribution in [0.2, 0.25) is 0 Å². The van der Waals surface area contributed by atoms with E-state index in [0.717, 1.165) is 18.2 Å². The smallest absolute Gasteiger partial charge is 0.271 e. The Kier molecular flexibility index (Phi) is 3.31. The second-order valence-electron chi connectivity index (χ2n) is 3.09. The van der Waals surface area contributed by atoms with Crippen molar-refractivity contribution in [3.05, 3.63) is 35.1 Å². The summed E-state index contributed by atoms with van der Waals surface area (Å²) in [6.45, 7) is 1.35. The second-order valence-corrected chi connectivity index (χ2v) is 3.09. The molecule has 3 N–H and O–H groups in total. The van der Waals surface area contributed by atoms with Crippen molar-refractivity contribution in [2.45, 2.75) is 19.1 Å². The Bertz CT molecular complexity index is 348. The first kappa shape index (κ1) is 11.9. The number of halogens is 4. The van der Waals surface area contributed by atoms with E-state index in [0.29, 0.717) is 0 Å². The molecule has 15 heavy (non-hydrogen) atoms. The van der Waals surface area contributed by atoms with Gasteiger partial charge in [0, 0.05) is 11.6 Å². The molecule has 0 saturated carbocycles. The highest BCUT2D eigenvalue weighted by atomic mass is 19.4. The van der Waals surface area contributed by atoms with Crippen molar-refractivity contribution in [2.24, 2.45) is 5.84 Å². The van der Waals surface area contributed by atoms with Crippen LogP contribution in [0.4, 0.5) is 17.6 Å². The predicted molar refractivity (Wildman–Crippen MR) is 47.1 cm³/mol. The molecular formula is C9H10F4N2. The van der Waals surface area contributed by atoms with Crippen LogP contribution >= 0.6 is 0 Å². The standard InChI is InChI=1S/C9H10F4N2/c1-5(15-14)8-6(9(11,12)13)3-2-4-7(8)10/h2-5,15H,14H2,1H3. The predicted octanol–water partition coefficient (Wildman–Crippen LogP) is 2.37. The highest BCUT2D eigenvalue weighted by Gasteiger charge is 2.35. The molecule has 0 aliphatic heterocycles. The third-order valence-electron chi connectivity index (χ3n) is 2.04. The van der Waals surface area contributed by atoms with Gasteiger partial charge in [0.05, 0.1) is 5.56 Å². The van der Waals surface area contributed by atoms with Crippen LogP contribution in [-0.4, -0.2) is 0 Å². The highest BCUT2D eigenvalue weighted by molar-refractivity contribution is 5.33. The average molecular weight is 222 g/mol. The number of rotatable bonds is 2. The zero-order valence-corrected chi connectivity index (χ0v) is 7.90. The first-order valence-electron chi connectivity index (χ1n) is 4.19. The normalized spacial score (nSPS) is 14.0. The summed E-state index contributed by atoms with van der Waals surface area (Å²) in [4.78, 5) is 0. The largest absolute Gasteiger partial charge is 0.416 e. The van der Waals surface area contributed by atoms with E-state index >= 15 is 0 Å². The van der Waals surface area contributed by atoms with Gasteiger partial charge in [-0.15, -0.1) is 0 Å². The Morgan fingerprint density at radius 2 is 1.93 bits per heavy atom. The minimum Gasteiger partial charge on any atom is -0.271 e. The lowest BCUT2D eigenvalue weighted by Crippen LogP contribution is -2.28. The number of benzene rings is 1. The molecule has 0 saturated heterocycles. The Labute approximate surface area is 84.0 Å². The molecule has 0 aliphatic rings. The van der Waals surface area contributed by atoms with Gasteiger partial charge in [-0.05, 0) is 19.1 Å². The zero-order valence-electron chi connectivity index (χ0n) is 7.90. The first-order valence-corrected chi connectivity index (χ1v) is 4.19. The van der Waals surface area contributed by atoms with Crippen LogP contribution < -0.4 is 11.3 Å². The van der Waals surface area contributed by atoms with Gasteiger partial charge in [0.1, 0.15) is 5.82 Å². The van der Waals surface area contributed by atoms with Gasteiger partial charge < -0.3 is 0 Å². The van der Waals surface area contributed by atoms with E-state index in [4.69, 9.17) is 5.84 Å². The van der Waals surface area contributed by atoms with E-state index in [1.807, 2.05) is 0 Å². The lowest BCUT2D eigenvalue weighted by atomic mass is 10.0. The molecule has 1 aromatic carbocycles. The fourth-order valence-electron chi connectivity index (χ4n) is 1.31. The van der Waals surface area contributed by atoms with Crippen molar-refractivity contribution < 1.29 is 17.6 Å². The minimum absolute atomic E-state index is 0.465. The fraction of sp³-hybridized carbons (Fsp3) is 0.333. The summed E-state index contributed by atoms with van der Waals surface area (Å²) in [5, 5.41) is 0. The van der Waals surface area contributed by atoms with Gasteiger partial charge in [0.2, 0.25) is 0 Å². The second kappa shape index (κ2) is 4.16. The van der Waals surface area contributed by atoms with Crippen molar-refractivity contribution >= 4 is 0 Å². The molecule has 0 fully saturated rings. The third-order valence-corrected chi connectivity index (χ3v) is 2.04. The van der Waals surface area contributed by atoms with E-state index in [2.05, 4.69) is 5.43 Å². The van der Waals surface area contributed by atoms with Crippen LogP contribution in [-0.2, 0) is 6.18 Å². The van der Waals surface area contributed by atoms with Crippen LogP contribution in [0.1, 0.15) is 24.1 Å². The Hall–Kier alpha value is -1.14. The summed E-state index contributed by atoms with van der Waals surface area (Å²) >= 11 is 0. The Morgan fingerprint density at radius 3 is 2.40 bits per heavy atom. The number of hydrazine groups is 1. The molecule has 0 bridgehead atoms. The number of nitrogens with one attached hydrogen (secondary N) is 1. The van der Waals surface area contributed by atoms with Crippen molar-refractivity contribution in [3.63, 3.8) is 0 Å². The maximum absolute atomic E-state index is 13.2. The van der Waals surface area contributed by atoms with Gasteiger partial charge >= 0.3 is 6.18 Å². The van der Waals surface area contributed by atoms with E-state index in [1.54, 1.807) is 0 Å². The summed E-state index contributed by atoms with van der Waals surface area (Å²) in [7, 11) is 0. The van der Waals surface area contributed by atoms with Gasteiger partial charge in [-0.1, -0.05) is 6.07 Å². The summed E-state index contributed by atoms with van der Waals surface area (Å²) in [6.07, 6.45) is -4.58. The van der Waals surface area contributed by atoms with Crippen molar-refractivity contribution in [2.75, 3.05) is 0 Å². The Morgan fingerprint density at radius 1 is 1.33 bits per heavy atom. The average Bonchev–Trinajstić information content (AvgIpc) is 2.15. The third kappa shape index (κ3) is 2.45. The SMILES string of the molecule is CC(NN)c1c(F)cccc1C(F)(F)F. The Balaban J connectivity index is 3.33. The van der Waals surface area contributed by atoms with E-state index in [1.165, 1.54) is 6.92 Å². The van der Waals surface area contributed by atoms with Crippen LogP contribution in [0.3, 0.4) is 0 Å². The molecule has 0 aromatic heterocycles. The van der Waals surface area contributed by atoms with Crippen LogP contribution in [0.15, 0.2) is 18.2 Å². The van der Waals surface area contributed by atoms with Gasteiger partial charge in [-0.25, -0.2) is 4.39 Å². The molecule has 0 spiro atoms. The molecule has 2 nitrogen and oxygen atoms in total. The molecule has 1 unspecified atom stereocenters. The fourth-order valence-corrected chi connectivity index (χ4v) is 1.31. The molecule has 6 heteroatoms. The van der Waals surface area contributed by atoms with Crippen LogP contribution in [0, 0.1) is 5.82 Å². The molecular weight excluding hydrogens is 212 g/mol. The van der Waals surface area contributed by atoms with Crippen molar-refractivity contribution in [3.8, 4) is 0 Å². The highest BCUT2D eigenvalue weighted by Crippen LogP contribution is 2.35. The van der Waals surface area contributed by atoms with E-state index in [-0.39, 0.29) is 0 Å². The number of nitrogens with two attached hydrogens (primary N) is 1. The summed E-state index contributed by atoms with van der Waals surface area (Å²) < 4.78 is 50.7. The molecule has 0 radical (unpaired) electrons. The number of hydrogen-bond acceptors (Lipinski definition) is 2. The van der Waals surface area contributed by atoms with Gasteiger partial charge in [0.15, 0.2) is 0 Å². The molecule has 0 aliphatic carbocycles. The maximum Gasteiger partial charge on any atom is 0.416 e. The summed E-state index contributed by atoms with van der Waals surface area (Å²) in [5.74, 6) is 4.08. The van der Waals surface area contributed by atoms with E-state index < -0.39 is 29.2 Å². The number of alkyl halides is 3. The number of hydrogen-bond donors (Lipinski definition) is 2. The minimum atomic E-state index is -4.58. The summed E-state index contributed by atoms with van der Waals surface area (Å²) in [6, 6.07) is 1.91. The first-order chi connectivity index (χ1) is 6.88. The molecule has 1 rings (SSSR count). The van der Waals surface area contributed by atoms with Crippen molar-refractivity contribution in [1.82, 2.24) is 5.43 Å². The lowest BCUT2D eigenvalue weighted by Gasteiger charge is -2.18. The molecule has 0 amide bonds. The molecule has 1 atom stereocenters. The van der Waals surface area contributed by atoms with E-state index in [9.17, 15) is 17.6 Å². The van der Waals surface area contributed by atoms with Gasteiger partial charge in [0.25, 0.3) is 0 Å². The van der Waals surface area contributed by atoms with Crippen LogP contribution in [0.25, 0.3) is 0 Å². The molecule has 1 aromatic rings. The molecule has 84 valence electrons. The van der Waals surface area contributed by atoms with Gasteiger partial charge in [-0.3, -0.25) is 11.3 Å². The maximum atomic E-state index is 13.2. The summed E-state index contributed by atoms with van der Waals surface area (Å²) in [5.41, 5.74) is 0.623. The molecule has 0 heterocycles.